The van der Waals surface area contributed by atoms with Crippen LogP contribution in [0.2, 0.25) is 0 Å². The minimum absolute atomic E-state index is 0.0579. The number of hydrogen-bond donors (Lipinski definition) is 2. The molecule has 0 radical (unpaired) electrons. The summed E-state index contributed by atoms with van der Waals surface area (Å²) in [6, 6.07) is 6.26. The lowest BCUT2D eigenvalue weighted by atomic mass is 9.74. The normalized spacial score (nSPS) is 20.1. The van der Waals surface area contributed by atoms with Crippen molar-refractivity contribution in [1.29, 1.82) is 0 Å². The van der Waals surface area contributed by atoms with E-state index in [0.29, 0.717) is 35.4 Å². The smallest absolute Gasteiger partial charge is 0.229 e. The highest BCUT2D eigenvalue weighted by Crippen LogP contribution is 2.36. The number of pyridine rings is 1. The summed E-state index contributed by atoms with van der Waals surface area (Å²) >= 11 is 0. The number of nitrogens with zero attached hydrogens (tertiary/aromatic N) is 6. The Bertz CT molecular complexity index is 1490. The average molecular weight is 507 g/mol. The van der Waals surface area contributed by atoms with E-state index in [4.69, 9.17) is 0 Å². The quantitative estimate of drug-likeness (QED) is 0.412. The molecule has 0 aliphatic carbocycles. The van der Waals surface area contributed by atoms with Gasteiger partial charge in [0.25, 0.3) is 0 Å². The van der Waals surface area contributed by atoms with Crippen LogP contribution in [0.15, 0.2) is 36.7 Å². The van der Waals surface area contributed by atoms with Crippen molar-refractivity contribution >= 4 is 22.8 Å². The van der Waals surface area contributed by atoms with E-state index in [9.17, 15) is 13.2 Å². The summed E-state index contributed by atoms with van der Waals surface area (Å²) in [5.74, 6) is 0.00995. The van der Waals surface area contributed by atoms with Gasteiger partial charge in [0.2, 0.25) is 5.95 Å². The van der Waals surface area contributed by atoms with Crippen molar-refractivity contribution in [3.05, 3.63) is 59.7 Å². The molecule has 3 aromatic heterocycles. The van der Waals surface area contributed by atoms with Crippen LogP contribution >= 0.6 is 0 Å². The van der Waals surface area contributed by atoms with Gasteiger partial charge in [-0.3, -0.25) is 4.90 Å². The first-order valence-electron chi connectivity index (χ1n) is 12.4. The molecule has 0 saturated carbocycles. The highest BCUT2D eigenvalue weighted by atomic mass is 19.1. The third-order valence-corrected chi connectivity index (χ3v) is 7.67. The van der Waals surface area contributed by atoms with Gasteiger partial charge in [-0.15, -0.1) is 0 Å². The fourth-order valence-electron chi connectivity index (χ4n) is 5.80. The van der Waals surface area contributed by atoms with Gasteiger partial charge in [0.1, 0.15) is 29.5 Å². The molecule has 11 heteroatoms. The molecule has 37 heavy (non-hydrogen) atoms. The van der Waals surface area contributed by atoms with Crippen LogP contribution in [0.3, 0.4) is 0 Å². The second-order valence-corrected chi connectivity index (χ2v) is 10.4. The van der Waals surface area contributed by atoms with Crippen LogP contribution in [-0.2, 0) is 13.0 Å². The molecular weight excluding hydrogens is 481 g/mol. The van der Waals surface area contributed by atoms with Crippen molar-refractivity contribution in [3.63, 3.8) is 0 Å². The Balaban J connectivity index is 1.12. The Kier molecular flexibility index (Phi) is 5.19. The SMILES string of the molecule is FC[C@@H]1CCc2nc3c(F)cc(-c4nc(Nc5ccc(CN6CC7(CNC7)C6)cn5)ncc4F)cc3n21. The van der Waals surface area contributed by atoms with E-state index in [1.54, 1.807) is 10.6 Å². The fourth-order valence-corrected chi connectivity index (χ4v) is 5.80. The summed E-state index contributed by atoms with van der Waals surface area (Å²) in [6.07, 6.45) is 4.04. The number of benzene rings is 1. The zero-order valence-corrected chi connectivity index (χ0v) is 20.0. The number of likely N-dealkylation sites (tertiary alicyclic amines) is 1. The van der Waals surface area contributed by atoms with Crippen molar-refractivity contribution in [2.45, 2.75) is 25.4 Å². The first kappa shape index (κ1) is 22.6. The van der Waals surface area contributed by atoms with Crippen LogP contribution in [0.25, 0.3) is 22.3 Å². The molecule has 6 heterocycles. The maximum atomic E-state index is 15.0. The van der Waals surface area contributed by atoms with E-state index < -0.39 is 24.4 Å². The van der Waals surface area contributed by atoms with Gasteiger partial charge in [0, 0.05) is 56.3 Å². The van der Waals surface area contributed by atoms with Crippen molar-refractivity contribution < 1.29 is 13.2 Å². The molecule has 0 amide bonds. The number of imidazole rings is 1. The van der Waals surface area contributed by atoms with Crippen molar-refractivity contribution in [2.75, 3.05) is 38.2 Å². The lowest BCUT2D eigenvalue weighted by molar-refractivity contribution is -0.0444. The van der Waals surface area contributed by atoms with E-state index in [1.165, 1.54) is 6.07 Å². The molecule has 1 atom stereocenters. The van der Waals surface area contributed by atoms with E-state index in [2.05, 4.69) is 35.5 Å². The van der Waals surface area contributed by atoms with Gasteiger partial charge in [-0.1, -0.05) is 6.07 Å². The van der Waals surface area contributed by atoms with E-state index in [0.717, 1.165) is 44.5 Å². The minimum Gasteiger partial charge on any atom is -0.322 e. The van der Waals surface area contributed by atoms with Crippen molar-refractivity contribution in [2.24, 2.45) is 5.41 Å². The van der Waals surface area contributed by atoms with Crippen LogP contribution < -0.4 is 10.6 Å². The Morgan fingerprint density at radius 2 is 1.92 bits per heavy atom. The zero-order chi connectivity index (χ0) is 25.1. The molecule has 8 nitrogen and oxygen atoms in total. The molecule has 1 spiro atoms. The molecular formula is C26H25F3N8. The number of nitrogens with one attached hydrogen (secondary N) is 2. The van der Waals surface area contributed by atoms with Gasteiger partial charge in [0.15, 0.2) is 11.6 Å². The van der Waals surface area contributed by atoms with Crippen LogP contribution in [-0.4, -0.2) is 62.3 Å². The average Bonchev–Trinajstić information content (AvgIpc) is 3.42. The largest absolute Gasteiger partial charge is 0.322 e. The summed E-state index contributed by atoms with van der Waals surface area (Å²) in [7, 11) is 0. The Morgan fingerprint density at radius 1 is 1.05 bits per heavy atom. The molecule has 3 aliphatic rings. The standard InChI is InChI=1S/C26H25F3N8/c27-7-17-2-4-22-34-24-18(28)5-16(6-20(24)37(17)22)23-19(29)9-32-25(35-23)33-21-3-1-15(8-31-21)10-36-13-26(14-36)11-30-12-26/h1,3,5-6,8-9,17,30H,2,4,7,10-14H2,(H,31,32,33,35)/t17-/m0/s1. The van der Waals surface area contributed by atoms with Crippen LogP contribution in [0.4, 0.5) is 24.9 Å². The number of alkyl halides is 1. The third-order valence-electron chi connectivity index (χ3n) is 7.67. The summed E-state index contributed by atoms with van der Waals surface area (Å²) < 4.78 is 45.0. The van der Waals surface area contributed by atoms with Crippen molar-refractivity contribution in [1.82, 2.24) is 34.7 Å². The number of fused-ring (bicyclic) bond motifs is 3. The molecule has 7 rings (SSSR count). The lowest BCUT2D eigenvalue weighted by Gasteiger charge is -2.56. The first-order chi connectivity index (χ1) is 18.0. The molecule has 2 saturated heterocycles. The number of rotatable bonds is 6. The van der Waals surface area contributed by atoms with Gasteiger partial charge < -0.3 is 15.2 Å². The van der Waals surface area contributed by atoms with E-state index in [1.807, 2.05) is 18.3 Å². The van der Waals surface area contributed by atoms with E-state index in [-0.39, 0.29) is 22.7 Å². The number of anilines is 2. The zero-order valence-electron chi connectivity index (χ0n) is 20.0. The fraction of sp³-hybridized carbons (Fsp3) is 0.385. The maximum Gasteiger partial charge on any atom is 0.229 e. The number of aryl methyl sites for hydroxylation is 1. The highest BCUT2D eigenvalue weighted by Gasteiger charge is 2.47. The van der Waals surface area contributed by atoms with E-state index >= 15 is 0 Å². The van der Waals surface area contributed by atoms with Gasteiger partial charge in [0.05, 0.1) is 17.8 Å². The molecule has 4 aromatic rings. The van der Waals surface area contributed by atoms with Crippen LogP contribution in [0, 0.1) is 17.0 Å². The summed E-state index contributed by atoms with van der Waals surface area (Å²) in [5, 5.41) is 6.34. The van der Waals surface area contributed by atoms with Gasteiger partial charge in [-0.05, 0) is 30.2 Å². The highest BCUT2D eigenvalue weighted by molar-refractivity contribution is 5.83. The molecule has 0 unspecified atom stereocenters. The summed E-state index contributed by atoms with van der Waals surface area (Å²) in [4.78, 5) is 19.5. The predicted molar refractivity (Wildman–Crippen MR) is 132 cm³/mol. The molecule has 2 fully saturated rings. The van der Waals surface area contributed by atoms with Crippen LogP contribution in [0.5, 0.6) is 0 Å². The molecule has 0 bridgehead atoms. The Labute approximate surface area is 211 Å². The molecule has 190 valence electrons. The number of aromatic nitrogens is 5. The third kappa shape index (κ3) is 3.84. The van der Waals surface area contributed by atoms with Crippen molar-refractivity contribution in [3.8, 4) is 11.3 Å². The number of hydrogen-bond acceptors (Lipinski definition) is 7. The second kappa shape index (κ2) is 8.49. The number of halogens is 3. The molecule has 2 N–H and O–H groups in total. The monoisotopic (exact) mass is 506 g/mol. The Hall–Kier alpha value is -3.57. The molecule has 3 aliphatic heterocycles. The maximum absolute atomic E-state index is 15.0. The minimum atomic E-state index is -0.690. The predicted octanol–water partition coefficient (Wildman–Crippen LogP) is 3.77. The lowest BCUT2D eigenvalue weighted by Crippen LogP contribution is -2.70. The summed E-state index contributed by atoms with van der Waals surface area (Å²) in [6.45, 7) is 4.70. The first-order valence-corrected chi connectivity index (χ1v) is 12.4. The van der Waals surface area contributed by atoms with Gasteiger partial charge in [-0.25, -0.2) is 33.1 Å². The Morgan fingerprint density at radius 3 is 2.65 bits per heavy atom. The van der Waals surface area contributed by atoms with Crippen LogP contribution in [0.1, 0.15) is 23.9 Å². The summed E-state index contributed by atoms with van der Waals surface area (Å²) in [5.41, 5.74) is 2.36. The molecule has 1 aromatic carbocycles. The topological polar surface area (TPSA) is 83.8 Å². The van der Waals surface area contributed by atoms with Gasteiger partial charge >= 0.3 is 0 Å². The second-order valence-electron chi connectivity index (χ2n) is 10.4. The van der Waals surface area contributed by atoms with Gasteiger partial charge in [-0.2, -0.15) is 0 Å².